The Morgan fingerprint density at radius 2 is 2.32 bits per heavy atom. The average molecular weight is 259 g/mol. The van der Waals surface area contributed by atoms with Crippen LogP contribution >= 0.6 is 0 Å². The highest BCUT2D eigenvalue weighted by molar-refractivity contribution is 5.86. The number of anilines is 1. The van der Waals surface area contributed by atoms with E-state index in [1.54, 1.807) is 6.07 Å². The van der Waals surface area contributed by atoms with Crippen molar-refractivity contribution in [2.75, 3.05) is 5.32 Å². The van der Waals surface area contributed by atoms with Crippen molar-refractivity contribution < 1.29 is 14.3 Å². The summed E-state index contributed by atoms with van der Waals surface area (Å²) in [4.78, 5) is 25.9. The zero-order valence-corrected chi connectivity index (χ0v) is 9.62. The summed E-state index contributed by atoms with van der Waals surface area (Å²) in [6.07, 6.45) is 4.26. The molecule has 0 fully saturated rings. The summed E-state index contributed by atoms with van der Waals surface area (Å²) in [6.45, 7) is 0.275. The fourth-order valence-electron chi connectivity index (χ4n) is 1.74. The molecule has 3 N–H and O–H groups in total. The smallest absolute Gasteiger partial charge is 0.372 e. The van der Waals surface area contributed by atoms with Gasteiger partial charge >= 0.3 is 5.97 Å². The summed E-state index contributed by atoms with van der Waals surface area (Å²) in [5.41, 5.74) is 1.75. The first-order chi connectivity index (χ1) is 9.25. The van der Waals surface area contributed by atoms with Crippen molar-refractivity contribution in [1.29, 1.82) is 0 Å². The second kappa shape index (κ2) is 4.41. The number of aromatic carboxylic acids is 1. The fraction of sp³-hybridized carbons (Fsp3) is 0.0909. The van der Waals surface area contributed by atoms with Crippen LogP contribution in [0.5, 0.6) is 0 Å². The number of hydrogen-bond acceptors (Lipinski definition) is 6. The van der Waals surface area contributed by atoms with Gasteiger partial charge in [-0.2, -0.15) is 0 Å². The van der Waals surface area contributed by atoms with Crippen molar-refractivity contribution in [1.82, 2.24) is 19.9 Å². The number of H-pyrrole nitrogens is 1. The number of nitrogens with zero attached hydrogens (tertiary/aromatic N) is 3. The number of carboxylic acids is 1. The van der Waals surface area contributed by atoms with Gasteiger partial charge in [0.2, 0.25) is 5.76 Å². The van der Waals surface area contributed by atoms with Crippen LogP contribution in [0.2, 0.25) is 0 Å². The molecule has 0 saturated heterocycles. The minimum Gasteiger partial charge on any atom is -0.475 e. The summed E-state index contributed by atoms with van der Waals surface area (Å²) in [5.74, 6) is -0.655. The highest BCUT2D eigenvalue weighted by Crippen LogP contribution is 2.17. The summed E-state index contributed by atoms with van der Waals surface area (Å²) >= 11 is 0. The van der Waals surface area contributed by atoms with Crippen LogP contribution in [0.1, 0.15) is 16.1 Å². The van der Waals surface area contributed by atoms with Crippen LogP contribution in [0.4, 0.5) is 5.82 Å². The van der Waals surface area contributed by atoms with Crippen molar-refractivity contribution in [3.8, 4) is 0 Å². The maximum Gasteiger partial charge on any atom is 0.372 e. The highest BCUT2D eigenvalue weighted by atomic mass is 16.4. The molecule has 0 amide bonds. The third-order valence-electron chi connectivity index (χ3n) is 2.60. The number of carboxylic acid groups (broad SMARTS) is 1. The molecule has 0 saturated carbocycles. The average Bonchev–Trinajstić information content (AvgIpc) is 3.04. The largest absolute Gasteiger partial charge is 0.475 e. The molecule has 3 aromatic rings. The lowest BCUT2D eigenvalue weighted by Crippen LogP contribution is -2.06. The molecule has 8 nitrogen and oxygen atoms in total. The van der Waals surface area contributed by atoms with E-state index in [0.29, 0.717) is 22.5 Å². The number of aromatic amines is 1. The number of fused-ring (bicyclic) bond motifs is 1. The van der Waals surface area contributed by atoms with E-state index < -0.39 is 5.97 Å². The van der Waals surface area contributed by atoms with Gasteiger partial charge in [0, 0.05) is 12.1 Å². The van der Waals surface area contributed by atoms with Crippen molar-refractivity contribution >= 4 is 23.0 Å². The van der Waals surface area contributed by atoms with Crippen LogP contribution in [-0.4, -0.2) is 31.0 Å². The Balaban J connectivity index is 1.84. The summed E-state index contributed by atoms with van der Waals surface area (Å²) < 4.78 is 4.89. The fourth-order valence-corrected chi connectivity index (χ4v) is 1.74. The van der Waals surface area contributed by atoms with E-state index in [1.165, 1.54) is 18.9 Å². The van der Waals surface area contributed by atoms with E-state index in [9.17, 15) is 4.79 Å². The second-order valence-corrected chi connectivity index (χ2v) is 3.76. The Hall–Kier alpha value is -2.90. The van der Waals surface area contributed by atoms with Gasteiger partial charge in [-0.25, -0.2) is 19.7 Å². The molecule has 0 radical (unpaired) electrons. The molecule has 0 aromatic carbocycles. The third kappa shape index (κ3) is 1.99. The summed E-state index contributed by atoms with van der Waals surface area (Å²) in [5, 5.41) is 11.9. The van der Waals surface area contributed by atoms with Crippen LogP contribution in [0.3, 0.4) is 0 Å². The topological polar surface area (TPSA) is 117 Å². The molecule has 3 rings (SSSR count). The van der Waals surface area contributed by atoms with E-state index >= 15 is 0 Å². The first kappa shape index (κ1) is 11.2. The monoisotopic (exact) mass is 259 g/mol. The van der Waals surface area contributed by atoms with Crippen LogP contribution in [0.15, 0.2) is 29.4 Å². The molecular weight excluding hydrogens is 250 g/mol. The number of carbonyl (C=O) groups is 1. The molecule has 0 atom stereocenters. The molecule has 19 heavy (non-hydrogen) atoms. The Morgan fingerprint density at radius 1 is 1.42 bits per heavy atom. The minimum absolute atomic E-state index is 0.0835. The van der Waals surface area contributed by atoms with E-state index in [0.717, 1.165) is 0 Å². The van der Waals surface area contributed by atoms with Gasteiger partial charge in [-0.15, -0.1) is 0 Å². The van der Waals surface area contributed by atoms with E-state index in [4.69, 9.17) is 9.52 Å². The maximum atomic E-state index is 10.9. The zero-order chi connectivity index (χ0) is 13.2. The van der Waals surface area contributed by atoms with Gasteiger partial charge in [0.25, 0.3) is 0 Å². The van der Waals surface area contributed by atoms with Gasteiger partial charge in [-0.1, -0.05) is 0 Å². The number of furan rings is 1. The van der Waals surface area contributed by atoms with Gasteiger partial charge in [-0.05, 0) is 6.07 Å². The molecule has 0 spiro atoms. The Kier molecular flexibility index (Phi) is 2.60. The first-order valence-corrected chi connectivity index (χ1v) is 5.43. The quantitative estimate of drug-likeness (QED) is 0.645. The van der Waals surface area contributed by atoms with Gasteiger partial charge in [-0.3, -0.25) is 0 Å². The normalized spacial score (nSPS) is 10.7. The number of nitrogens with one attached hydrogen (secondary N) is 2. The van der Waals surface area contributed by atoms with E-state index in [-0.39, 0.29) is 12.3 Å². The molecule has 3 aromatic heterocycles. The van der Waals surface area contributed by atoms with E-state index in [2.05, 4.69) is 25.3 Å². The molecule has 0 aliphatic carbocycles. The lowest BCUT2D eigenvalue weighted by molar-refractivity contribution is 0.0661. The first-order valence-electron chi connectivity index (χ1n) is 5.43. The number of imidazole rings is 1. The van der Waals surface area contributed by atoms with Crippen molar-refractivity contribution in [3.63, 3.8) is 0 Å². The maximum absolute atomic E-state index is 10.9. The second-order valence-electron chi connectivity index (χ2n) is 3.76. The number of hydrogen-bond donors (Lipinski definition) is 3. The number of rotatable bonds is 4. The van der Waals surface area contributed by atoms with Crippen LogP contribution < -0.4 is 5.32 Å². The molecular formula is C11H9N5O3. The predicted octanol–water partition coefficient (Wildman–Crippen LogP) is 1.26. The molecule has 0 bridgehead atoms. The van der Waals surface area contributed by atoms with Crippen LogP contribution in [-0.2, 0) is 6.54 Å². The molecule has 8 heteroatoms. The Bertz CT molecular complexity index is 733. The molecule has 0 aliphatic rings. The Morgan fingerprint density at radius 3 is 3.16 bits per heavy atom. The predicted molar refractivity (Wildman–Crippen MR) is 64.7 cm³/mol. The highest BCUT2D eigenvalue weighted by Gasteiger charge is 2.14. The van der Waals surface area contributed by atoms with Gasteiger partial charge in [0.15, 0.2) is 11.5 Å². The van der Waals surface area contributed by atoms with Gasteiger partial charge in [0.1, 0.15) is 11.8 Å². The van der Waals surface area contributed by atoms with Crippen molar-refractivity contribution in [3.05, 3.63) is 36.3 Å². The Labute approximate surface area is 106 Å². The van der Waals surface area contributed by atoms with Gasteiger partial charge < -0.3 is 19.8 Å². The lowest BCUT2D eigenvalue weighted by atomic mass is 10.2. The van der Waals surface area contributed by atoms with Crippen molar-refractivity contribution in [2.45, 2.75) is 6.54 Å². The third-order valence-corrected chi connectivity index (χ3v) is 2.60. The molecule has 3 heterocycles. The standard InChI is InChI=1S/C11H9N5O3/c17-11(18)8-6(1-2-19-8)3-12-9-7-10(14-4-13-7)16-5-15-9/h1-2,4-5H,3H2,(H,17,18)(H2,12,13,14,15,16). The SMILES string of the molecule is O=C(O)c1occc1CNc1ncnc2[nH]cnc12. The van der Waals surface area contributed by atoms with Crippen LogP contribution in [0, 0.1) is 0 Å². The van der Waals surface area contributed by atoms with Crippen LogP contribution in [0.25, 0.3) is 11.2 Å². The summed E-state index contributed by atoms with van der Waals surface area (Å²) in [7, 11) is 0. The summed E-state index contributed by atoms with van der Waals surface area (Å²) in [6, 6.07) is 1.60. The molecule has 0 unspecified atom stereocenters. The molecule has 0 aliphatic heterocycles. The zero-order valence-electron chi connectivity index (χ0n) is 9.62. The number of aromatic nitrogens is 4. The van der Waals surface area contributed by atoms with E-state index in [1.807, 2.05) is 0 Å². The van der Waals surface area contributed by atoms with Crippen molar-refractivity contribution in [2.24, 2.45) is 0 Å². The lowest BCUT2D eigenvalue weighted by Gasteiger charge is -2.04. The minimum atomic E-state index is -1.10. The molecule has 96 valence electrons. The van der Waals surface area contributed by atoms with Gasteiger partial charge in [0.05, 0.1) is 12.6 Å².